The highest BCUT2D eigenvalue weighted by Crippen LogP contribution is 2.72. The van der Waals surface area contributed by atoms with Crippen LogP contribution >= 0.6 is 0 Å². The van der Waals surface area contributed by atoms with E-state index in [1.54, 1.807) is 6.33 Å². The molecule has 3 aliphatic rings. The van der Waals surface area contributed by atoms with E-state index >= 15 is 0 Å². The van der Waals surface area contributed by atoms with Gasteiger partial charge in [-0.3, -0.25) is 0 Å². The molecule has 0 radical (unpaired) electrons. The van der Waals surface area contributed by atoms with Crippen molar-refractivity contribution in [3.63, 3.8) is 0 Å². The molecule has 0 saturated heterocycles. The first-order valence-corrected chi connectivity index (χ1v) is 7.88. The average Bonchev–Trinajstić information content (AvgIpc) is 2.88. The van der Waals surface area contributed by atoms with Gasteiger partial charge in [0.1, 0.15) is 6.33 Å². The van der Waals surface area contributed by atoms with Gasteiger partial charge in [0.15, 0.2) is 0 Å². The molecule has 3 fully saturated rings. The molecule has 3 saturated carbocycles. The predicted octanol–water partition coefficient (Wildman–Crippen LogP) is 2.81. The van der Waals surface area contributed by atoms with Gasteiger partial charge in [0.25, 0.3) is 0 Å². The van der Waals surface area contributed by atoms with Gasteiger partial charge in [0, 0.05) is 24.0 Å². The Kier molecular flexibility index (Phi) is 2.83. The molecule has 1 heterocycles. The molecule has 0 aromatic carbocycles. The van der Waals surface area contributed by atoms with Gasteiger partial charge in [0.05, 0.1) is 0 Å². The van der Waals surface area contributed by atoms with Gasteiger partial charge in [-0.1, -0.05) is 6.92 Å². The largest absolute Gasteiger partial charge is 0.310 e. The van der Waals surface area contributed by atoms with Crippen molar-refractivity contribution in [2.75, 3.05) is 6.54 Å². The lowest BCUT2D eigenvalue weighted by Gasteiger charge is -2.21. The quantitative estimate of drug-likeness (QED) is 0.881. The van der Waals surface area contributed by atoms with Crippen molar-refractivity contribution in [3.8, 4) is 0 Å². The van der Waals surface area contributed by atoms with E-state index in [-0.39, 0.29) is 0 Å². The number of hydrogen-bond donors (Lipinski definition) is 1. The number of nitrogens with zero attached hydrogens (tertiary/aromatic N) is 2. The van der Waals surface area contributed by atoms with Crippen molar-refractivity contribution in [3.05, 3.63) is 24.3 Å². The number of hydrogen-bond acceptors (Lipinski definition) is 3. The van der Waals surface area contributed by atoms with E-state index in [9.17, 15) is 0 Å². The van der Waals surface area contributed by atoms with E-state index in [4.69, 9.17) is 0 Å². The maximum Gasteiger partial charge on any atom is 0.115 e. The van der Waals surface area contributed by atoms with Gasteiger partial charge in [-0.25, -0.2) is 9.97 Å². The van der Waals surface area contributed by atoms with Crippen LogP contribution in [0.25, 0.3) is 0 Å². The molecule has 5 unspecified atom stereocenters. The van der Waals surface area contributed by atoms with Gasteiger partial charge in [-0.05, 0) is 61.8 Å². The van der Waals surface area contributed by atoms with Crippen LogP contribution in [-0.2, 0) is 0 Å². The Morgan fingerprint density at radius 2 is 1.89 bits per heavy atom. The van der Waals surface area contributed by atoms with Crippen LogP contribution in [0.1, 0.15) is 44.2 Å². The Hall–Kier alpha value is -0.960. The third-order valence-electron chi connectivity index (χ3n) is 5.73. The summed E-state index contributed by atoms with van der Waals surface area (Å²) in [7, 11) is 0. The molecule has 3 heteroatoms. The van der Waals surface area contributed by atoms with Crippen LogP contribution in [0.5, 0.6) is 0 Å². The fourth-order valence-corrected chi connectivity index (χ4v) is 5.09. The molecule has 0 aliphatic heterocycles. The Labute approximate surface area is 115 Å². The van der Waals surface area contributed by atoms with Gasteiger partial charge in [-0.15, -0.1) is 0 Å². The molecule has 1 aromatic heterocycles. The molecule has 3 aliphatic carbocycles. The molecule has 102 valence electrons. The summed E-state index contributed by atoms with van der Waals surface area (Å²) in [6.45, 7) is 3.34. The first-order chi connectivity index (χ1) is 9.40. The second-order valence-corrected chi connectivity index (χ2v) is 6.67. The molecule has 5 atom stereocenters. The summed E-state index contributed by atoms with van der Waals surface area (Å²) in [4.78, 5) is 8.44. The molecule has 1 N–H and O–H groups in total. The topological polar surface area (TPSA) is 37.8 Å². The predicted molar refractivity (Wildman–Crippen MR) is 74.4 cm³/mol. The van der Waals surface area contributed by atoms with Crippen molar-refractivity contribution in [1.29, 1.82) is 0 Å². The van der Waals surface area contributed by atoms with Crippen LogP contribution in [-0.4, -0.2) is 16.5 Å². The van der Waals surface area contributed by atoms with Gasteiger partial charge >= 0.3 is 0 Å². The summed E-state index contributed by atoms with van der Waals surface area (Å²) in [5, 5.41) is 3.77. The molecule has 4 rings (SSSR count). The lowest BCUT2D eigenvalue weighted by atomic mass is 9.94. The van der Waals surface area contributed by atoms with Gasteiger partial charge in [0.2, 0.25) is 0 Å². The van der Waals surface area contributed by atoms with Crippen molar-refractivity contribution in [1.82, 2.24) is 15.3 Å². The Bertz CT molecular complexity index is 431. The second kappa shape index (κ2) is 4.55. The molecular formula is C16H23N3. The smallest absolute Gasteiger partial charge is 0.115 e. The third kappa shape index (κ3) is 1.82. The summed E-state index contributed by atoms with van der Waals surface area (Å²) in [5.74, 6) is 4.96. The molecule has 3 nitrogen and oxygen atoms in total. The minimum absolute atomic E-state index is 0.500. The molecular weight excluding hydrogens is 234 g/mol. The highest BCUT2D eigenvalue weighted by molar-refractivity contribution is 5.22. The Morgan fingerprint density at radius 1 is 1.21 bits per heavy atom. The minimum Gasteiger partial charge on any atom is -0.310 e. The van der Waals surface area contributed by atoms with Crippen LogP contribution in [0.3, 0.4) is 0 Å². The number of rotatable bonds is 5. The van der Waals surface area contributed by atoms with Gasteiger partial charge < -0.3 is 5.32 Å². The molecule has 2 bridgehead atoms. The van der Waals surface area contributed by atoms with Gasteiger partial charge in [-0.2, -0.15) is 0 Å². The first-order valence-electron chi connectivity index (χ1n) is 7.88. The zero-order chi connectivity index (χ0) is 12.8. The van der Waals surface area contributed by atoms with E-state index < -0.39 is 0 Å². The van der Waals surface area contributed by atoms with Crippen LogP contribution in [0.4, 0.5) is 0 Å². The standard InChI is InChI=1S/C16H23N3/c1-2-5-19-16(12-7-17-9-18-8-12)15-13-10-3-4-11(6-10)14(13)15/h7-11,13-16,19H,2-6H2,1H3. The first kappa shape index (κ1) is 11.8. The fourth-order valence-electron chi connectivity index (χ4n) is 5.09. The SMILES string of the molecule is CCCNC(c1cncnc1)C1C2C3CCC(C3)C21. The Morgan fingerprint density at radius 3 is 2.53 bits per heavy atom. The van der Waals surface area contributed by atoms with Crippen molar-refractivity contribution >= 4 is 0 Å². The van der Waals surface area contributed by atoms with E-state index in [2.05, 4.69) is 22.2 Å². The van der Waals surface area contributed by atoms with E-state index in [1.807, 2.05) is 12.4 Å². The lowest BCUT2D eigenvalue weighted by molar-refractivity contribution is 0.369. The summed E-state index contributed by atoms with van der Waals surface area (Å²) < 4.78 is 0. The third-order valence-corrected chi connectivity index (χ3v) is 5.73. The minimum atomic E-state index is 0.500. The lowest BCUT2D eigenvalue weighted by Crippen LogP contribution is -2.26. The van der Waals surface area contributed by atoms with Crippen LogP contribution < -0.4 is 5.32 Å². The van der Waals surface area contributed by atoms with E-state index in [0.29, 0.717) is 6.04 Å². The second-order valence-electron chi connectivity index (χ2n) is 6.67. The van der Waals surface area contributed by atoms with Crippen molar-refractivity contribution in [2.45, 2.75) is 38.6 Å². The average molecular weight is 257 g/mol. The van der Waals surface area contributed by atoms with Crippen LogP contribution in [0, 0.1) is 29.6 Å². The summed E-state index contributed by atoms with van der Waals surface area (Å²) >= 11 is 0. The van der Waals surface area contributed by atoms with Crippen LogP contribution in [0.2, 0.25) is 0 Å². The Balaban J connectivity index is 1.55. The summed E-state index contributed by atoms with van der Waals surface area (Å²) in [5.41, 5.74) is 1.30. The van der Waals surface area contributed by atoms with Crippen LogP contribution in [0.15, 0.2) is 18.7 Å². The zero-order valence-electron chi connectivity index (χ0n) is 11.6. The fraction of sp³-hybridized carbons (Fsp3) is 0.750. The maximum atomic E-state index is 4.22. The molecule has 19 heavy (non-hydrogen) atoms. The maximum absolute atomic E-state index is 4.22. The molecule has 1 aromatic rings. The zero-order valence-corrected chi connectivity index (χ0v) is 11.6. The highest BCUT2D eigenvalue weighted by atomic mass is 15.0. The van der Waals surface area contributed by atoms with E-state index in [0.717, 1.165) is 36.1 Å². The van der Waals surface area contributed by atoms with Crippen molar-refractivity contribution in [2.24, 2.45) is 29.6 Å². The number of fused-ring (bicyclic) bond motifs is 5. The highest BCUT2D eigenvalue weighted by Gasteiger charge is 2.66. The van der Waals surface area contributed by atoms with E-state index in [1.165, 1.54) is 31.2 Å². The monoisotopic (exact) mass is 257 g/mol. The summed E-state index contributed by atoms with van der Waals surface area (Å²) in [6, 6.07) is 0.500. The summed E-state index contributed by atoms with van der Waals surface area (Å²) in [6.07, 6.45) is 11.4. The van der Waals surface area contributed by atoms with Crippen molar-refractivity contribution < 1.29 is 0 Å². The normalized spacial score (nSPS) is 40.2. The number of aromatic nitrogens is 2. The number of nitrogens with one attached hydrogen (secondary N) is 1. The molecule has 0 spiro atoms. The molecule has 0 amide bonds.